The van der Waals surface area contributed by atoms with Crippen LogP contribution in [-0.2, 0) is 9.53 Å². The molecule has 22 heavy (non-hydrogen) atoms. The molecule has 0 bridgehead atoms. The van der Waals surface area contributed by atoms with Crippen molar-refractivity contribution in [1.82, 2.24) is 15.0 Å². The summed E-state index contributed by atoms with van der Waals surface area (Å²) in [6.07, 6.45) is 4.21. The molecule has 3 aromatic rings. The number of carbonyl (C=O) groups is 1. The van der Waals surface area contributed by atoms with Crippen molar-refractivity contribution in [2.24, 2.45) is 0 Å². The van der Waals surface area contributed by atoms with Gasteiger partial charge in [-0.25, -0.2) is 4.98 Å². The number of hydrogen-bond acceptors (Lipinski definition) is 4. The van der Waals surface area contributed by atoms with Crippen molar-refractivity contribution in [2.45, 2.75) is 39.2 Å². The number of rotatable bonds is 5. The summed E-state index contributed by atoms with van der Waals surface area (Å²) in [4.78, 5) is 23.7. The first-order chi connectivity index (χ1) is 10.7. The first-order valence-electron chi connectivity index (χ1n) is 7.59. The number of nitrogens with zero attached hydrogens (tertiary/aromatic N) is 2. The number of carbonyl (C=O) groups excluding carboxylic acids is 1. The third-order valence-electron chi connectivity index (χ3n) is 3.68. The van der Waals surface area contributed by atoms with Crippen LogP contribution >= 0.6 is 0 Å². The zero-order valence-corrected chi connectivity index (χ0v) is 12.8. The monoisotopic (exact) mass is 297 g/mol. The highest BCUT2D eigenvalue weighted by atomic mass is 16.5. The number of unbranched alkanes of at least 4 members (excludes halogenated alkanes) is 1. The van der Waals surface area contributed by atoms with Crippen LogP contribution in [0, 0.1) is 0 Å². The highest BCUT2D eigenvalue weighted by molar-refractivity contribution is 6.01. The molecule has 2 heterocycles. The van der Waals surface area contributed by atoms with Gasteiger partial charge >= 0.3 is 5.97 Å². The average Bonchev–Trinajstić information content (AvgIpc) is 2.95. The van der Waals surface area contributed by atoms with Gasteiger partial charge in [0, 0.05) is 12.3 Å². The molecule has 5 heteroatoms. The second-order valence-electron chi connectivity index (χ2n) is 5.40. The largest absolute Gasteiger partial charge is 0.454 e. The van der Waals surface area contributed by atoms with E-state index in [1.807, 2.05) is 24.3 Å². The number of pyridine rings is 1. The SMILES string of the molecule is CCCCC(OC(C)=O)c1nc2cnc3ccccc3c2[nH]1. The van der Waals surface area contributed by atoms with E-state index >= 15 is 0 Å². The third kappa shape index (κ3) is 2.79. The van der Waals surface area contributed by atoms with Gasteiger partial charge in [0.05, 0.1) is 17.2 Å². The summed E-state index contributed by atoms with van der Waals surface area (Å²) in [5, 5.41) is 1.02. The number of esters is 1. The van der Waals surface area contributed by atoms with Crippen molar-refractivity contribution in [3.8, 4) is 0 Å². The maximum atomic E-state index is 11.3. The number of imidazole rings is 1. The van der Waals surface area contributed by atoms with Gasteiger partial charge in [0.1, 0.15) is 11.3 Å². The van der Waals surface area contributed by atoms with E-state index in [0.29, 0.717) is 5.82 Å². The highest BCUT2D eigenvalue weighted by Crippen LogP contribution is 2.27. The van der Waals surface area contributed by atoms with Crippen molar-refractivity contribution >= 4 is 27.9 Å². The van der Waals surface area contributed by atoms with Crippen molar-refractivity contribution in [2.75, 3.05) is 0 Å². The van der Waals surface area contributed by atoms with Crippen LogP contribution in [-0.4, -0.2) is 20.9 Å². The maximum Gasteiger partial charge on any atom is 0.303 e. The molecule has 1 atom stereocenters. The number of hydrogen-bond donors (Lipinski definition) is 1. The molecule has 0 aliphatic heterocycles. The van der Waals surface area contributed by atoms with Gasteiger partial charge in [-0.15, -0.1) is 0 Å². The van der Waals surface area contributed by atoms with Crippen LogP contribution in [0.25, 0.3) is 21.9 Å². The van der Waals surface area contributed by atoms with E-state index in [2.05, 4.69) is 21.9 Å². The van der Waals surface area contributed by atoms with Crippen LogP contribution in [0.4, 0.5) is 0 Å². The predicted octanol–water partition coefficient (Wildman–Crippen LogP) is 3.91. The topological polar surface area (TPSA) is 67.9 Å². The van der Waals surface area contributed by atoms with Crippen molar-refractivity contribution in [3.63, 3.8) is 0 Å². The van der Waals surface area contributed by atoms with Gasteiger partial charge in [-0.05, 0) is 18.9 Å². The van der Waals surface area contributed by atoms with Crippen LogP contribution in [0.1, 0.15) is 45.0 Å². The fourth-order valence-electron chi connectivity index (χ4n) is 2.63. The number of nitrogens with one attached hydrogen (secondary N) is 1. The molecule has 0 radical (unpaired) electrons. The normalized spacial score (nSPS) is 12.6. The molecular weight excluding hydrogens is 278 g/mol. The second kappa shape index (κ2) is 6.13. The molecule has 5 nitrogen and oxygen atoms in total. The van der Waals surface area contributed by atoms with E-state index in [0.717, 1.165) is 41.2 Å². The molecule has 0 amide bonds. The molecule has 1 aromatic carbocycles. The lowest BCUT2D eigenvalue weighted by Gasteiger charge is -2.13. The molecule has 0 aliphatic rings. The first kappa shape index (κ1) is 14.5. The number of fused-ring (bicyclic) bond motifs is 3. The Morgan fingerprint density at radius 1 is 1.32 bits per heavy atom. The summed E-state index contributed by atoms with van der Waals surface area (Å²) in [5.41, 5.74) is 2.65. The van der Waals surface area contributed by atoms with Crippen LogP contribution in [0.2, 0.25) is 0 Å². The molecule has 2 aromatic heterocycles. The number of ether oxygens (including phenoxy) is 1. The second-order valence-corrected chi connectivity index (χ2v) is 5.40. The van der Waals surface area contributed by atoms with Crippen LogP contribution in [0.15, 0.2) is 30.5 Å². The smallest absolute Gasteiger partial charge is 0.303 e. The molecule has 0 aliphatic carbocycles. The molecule has 1 unspecified atom stereocenters. The molecule has 0 fully saturated rings. The molecule has 0 saturated carbocycles. The van der Waals surface area contributed by atoms with E-state index < -0.39 is 0 Å². The molecule has 114 valence electrons. The van der Waals surface area contributed by atoms with Crippen LogP contribution < -0.4 is 0 Å². The highest BCUT2D eigenvalue weighted by Gasteiger charge is 2.19. The number of aromatic amines is 1. The quantitative estimate of drug-likeness (QED) is 0.725. The Morgan fingerprint density at radius 2 is 2.14 bits per heavy atom. The molecule has 0 saturated heterocycles. The Hall–Kier alpha value is -2.43. The average molecular weight is 297 g/mol. The Bertz CT molecular complexity index is 810. The zero-order valence-electron chi connectivity index (χ0n) is 12.8. The van der Waals surface area contributed by atoms with E-state index in [1.165, 1.54) is 6.92 Å². The van der Waals surface area contributed by atoms with Gasteiger partial charge in [-0.1, -0.05) is 31.5 Å². The molecular formula is C17H19N3O2. The minimum Gasteiger partial charge on any atom is -0.454 e. The zero-order chi connectivity index (χ0) is 15.5. The molecule has 3 rings (SSSR count). The van der Waals surface area contributed by atoms with E-state index in [9.17, 15) is 4.79 Å². The predicted molar refractivity (Wildman–Crippen MR) is 85.4 cm³/mol. The summed E-state index contributed by atoms with van der Waals surface area (Å²) in [6.45, 7) is 3.54. The van der Waals surface area contributed by atoms with E-state index in [4.69, 9.17) is 4.74 Å². The van der Waals surface area contributed by atoms with Gasteiger partial charge < -0.3 is 9.72 Å². The van der Waals surface area contributed by atoms with Crippen LogP contribution in [0.5, 0.6) is 0 Å². The lowest BCUT2D eigenvalue weighted by Crippen LogP contribution is -2.10. The fraction of sp³-hybridized carbons (Fsp3) is 0.353. The van der Waals surface area contributed by atoms with E-state index in [1.54, 1.807) is 6.20 Å². The molecule has 0 spiro atoms. The summed E-state index contributed by atoms with van der Waals surface area (Å²) in [7, 11) is 0. The standard InChI is InChI=1S/C17H19N3O2/c1-3-4-9-15(22-11(2)21)17-19-14-10-18-13-8-6-5-7-12(13)16(14)20-17/h5-8,10,15H,3-4,9H2,1-2H3,(H,19,20). The number of para-hydroxylation sites is 1. The lowest BCUT2D eigenvalue weighted by molar-refractivity contribution is -0.147. The summed E-state index contributed by atoms with van der Waals surface area (Å²) < 4.78 is 5.43. The van der Waals surface area contributed by atoms with Crippen molar-refractivity contribution in [3.05, 3.63) is 36.3 Å². The van der Waals surface area contributed by atoms with Gasteiger partial charge in [0.2, 0.25) is 0 Å². The van der Waals surface area contributed by atoms with E-state index in [-0.39, 0.29) is 12.1 Å². The Kier molecular flexibility index (Phi) is 4.04. The first-order valence-corrected chi connectivity index (χ1v) is 7.59. The maximum absolute atomic E-state index is 11.3. The minimum absolute atomic E-state index is 0.287. The number of aromatic nitrogens is 3. The van der Waals surface area contributed by atoms with Gasteiger partial charge in [-0.2, -0.15) is 0 Å². The summed E-state index contributed by atoms with van der Waals surface area (Å²) in [6, 6.07) is 7.92. The van der Waals surface area contributed by atoms with Gasteiger partial charge in [0.25, 0.3) is 0 Å². The van der Waals surface area contributed by atoms with Gasteiger partial charge in [0.15, 0.2) is 6.10 Å². The Labute approximate surface area is 128 Å². The summed E-state index contributed by atoms with van der Waals surface area (Å²) >= 11 is 0. The van der Waals surface area contributed by atoms with Crippen LogP contribution in [0.3, 0.4) is 0 Å². The summed E-state index contributed by atoms with van der Waals surface area (Å²) in [5.74, 6) is 0.404. The van der Waals surface area contributed by atoms with Crippen molar-refractivity contribution in [1.29, 1.82) is 0 Å². The van der Waals surface area contributed by atoms with Crippen molar-refractivity contribution < 1.29 is 9.53 Å². The third-order valence-corrected chi connectivity index (χ3v) is 3.68. The molecule has 1 N–H and O–H groups in total. The lowest BCUT2D eigenvalue weighted by atomic mass is 10.1. The van der Waals surface area contributed by atoms with Gasteiger partial charge in [-0.3, -0.25) is 9.78 Å². The Morgan fingerprint density at radius 3 is 2.91 bits per heavy atom. The Balaban J connectivity index is 2.05. The fourth-order valence-corrected chi connectivity index (χ4v) is 2.63. The number of H-pyrrole nitrogens is 1. The minimum atomic E-state index is -0.330. The number of benzene rings is 1.